The molecule has 2 amide bonds. The summed E-state index contributed by atoms with van der Waals surface area (Å²) in [5.41, 5.74) is 0. The van der Waals surface area contributed by atoms with Crippen LogP contribution in [0.3, 0.4) is 0 Å². The third-order valence-electron chi connectivity index (χ3n) is 3.02. The van der Waals surface area contributed by atoms with Crippen molar-refractivity contribution in [1.82, 2.24) is 10.2 Å². The van der Waals surface area contributed by atoms with E-state index in [-0.39, 0.29) is 6.54 Å². The highest BCUT2D eigenvalue weighted by molar-refractivity contribution is 5.78. The molecule has 1 rings (SSSR count). The van der Waals surface area contributed by atoms with Gasteiger partial charge in [0.15, 0.2) is 0 Å². The van der Waals surface area contributed by atoms with Crippen molar-refractivity contribution in [3.63, 3.8) is 0 Å². The summed E-state index contributed by atoms with van der Waals surface area (Å²) in [7, 11) is 0. The van der Waals surface area contributed by atoms with Crippen molar-refractivity contribution in [2.24, 2.45) is 5.92 Å². The standard InChI is InChI=1S/C10H15F3N2O3/c1-6-7(8(16)17)2-5-15(6)9(18)14-4-3-10(11,12)13/h6-7H,2-5H2,1H3,(H,14,18)(H,16,17). The first-order valence-corrected chi connectivity index (χ1v) is 5.56. The van der Waals surface area contributed by atoms with Crippen LogP contribution in [-0.2, 0) is 4.79 Å². The molecule has 1 heterocycles. The Bertz CT molecular complexity index is 333. The minimum Gasteiger partial charge on any atom is -0.481 e. The predicted octanol–water partition coefficient (Wildman–Crippen LogP) is 1.44. The summed E-state index contributed by atoms with van der Waals surface area (Å²) < 4.78 is 35.7. The quantitative estimate of drug-likeness (QED) is 0.813. The summed E-state index contributed by atoms with van der Waals surface area (Å²) in [6.07, 6.45) is -5.08. The van der Waals surface area contributed by atoms with E-state index in [9.17, 15) is 22.8 Å². The zero-order valence-corrected chi connectivity index (χ0v) is 9.83. The third kappa shape index (κ3) is 3.78. The smallest absolute Gasteiger partial charge is 0.390 e. The van der Waals surface area contributed by atoms with Gasteiger partial charge in [-0.15, -0.1) is 0 Å². The van der Waals surface area contributed by atoms with E-state index in [1.807, 2.05) is 0 Å². The fraction of sp³-hybridized carbons (Fsp3) is 0.800. The normalized spacial score (nSPS) is 24.1. The molecular formula is C10H15F3N2O3. The van der Waals surface area contributed by atoms with Gasteiger partial charge < -0.3 is 15.3 Å². The highest BCUT2D eigenvalue weighted by atomic mass is 19.4. The Morgan fingerprint density at radius 1 is 1.44 bits per heavy atom. The second-order valence-electron chi connectivity index (χ2n) is 4.26. The molecule has 0 aromatic carbocycles. The molecule has 0 radical (unpaired) electrons. The van der Waals surface area contributed by atoms with Gasteiger partial charge in [0.25, 0.3) is 0 Å². The Balaban J connectivity index is 2.42. The fourth-order valence-electron chi connectivity index (χ4n) is 1.97. The van der Waals surface area contributed by atoms with Crippen molar-refractivity contribution in [2.75, 3.05) is 13.1 Å². The molecule has 2 atom stereocenters. The summed E-state index contributed by atoms with van der Waals surface area (Å²) in [6.45, 7) is 1.33. The van der Waals surface area contributed by atoms with Crippen molar-refractivity contribution in [3.8, 4) is 0 Å². The Labute approximate surface area is 102 Å². The van der Waals surface area contributed by atoms with Crippen LogP contribution in [-0.4, -0.2) is 47.3 Å². The molecule has 0 aromatic rings. The molecule has 1 saturated heterocycles. The van der Waals surface area contributed by atoms with Gasteiger partial charge in [0, 0.05) is 19.1 Å². The molecule has 18 heavy (non-hydrogen) atoms. The summed E-state index contributed by atoms with van der Waals surface area (Å²) in [5.74, 6) is -1.65. The van der Waals surface area contributed by atoms with Crippen LogP contribution in [0.2, 0.25) is 0 Å². The molecule has 0 bridgehead atoms. The number of carboxylic acid groups (broad SMARTS) is 1. The average molecular weight is 268 g/mol. The number of nitrogens with zero attached hydrogens (tertiary/aromatic N) is 1. The number of carbonyl (C=O) groups excluding carboxylic acids is 1. The van der Waals surface area contributed by atoms with E-state index in [1.165, 1.54) is 4.90 Å². The highest BCUT2D eigenvalue weighted by Crippen LogP contribution is 2.24. The molecule has 0 aromatic heterocycles. The Morgan fingerprint density at radius 2 is 2.06 bits per heavy atom. The number of urea groups is 1. The van der Waals surface area contributed by atoms with Gasteiger partial charge in [0.1, 0.15) is 0 Å². The number of nitrogens with one attached hydrogen (secondary N) is 1. The molecular weight excluding hydrogens is 253 g/mol. The topological polar surface area (TPSA) is 69.6 Å². The van der Waals surface area contributed by atoms with Crippen LogP contribution in [0.4, 0.5) is 18.0 Å². The molecule has 0 spiro atoms. The van der Waals surface area contributed by atoms with E-state index in [0.717, 1.165) is 0 Å². The second kappa shape index (κ2) is 5.45. The SMILES string of the molecule is CC1C(C(=O)O)CCN1C(=O)NCCC(F)(F)F. The minimum atomic E-state index is -4.31. The summed E-state index contributed by atoms with van der Waals surface area (Å²) in [6, 6.07) is -1.15. The van der Waals surface area contributed by atoms with Crippen LogP contribution in [0.25, 0.3) is 0 Å². The fourth-order valence-corrected chi connectivity index (χ4v) is 1.97. The first-order chi connectivity index (χ1) is 8.22. The number of hydrogen-bond donors (Lipinski definition) is 2. The molecule has 0 aliphatic carbocycles. The first-order valence-electron chi connectivity index (χ1n) is 5.56. The van der Waals surface area contributed by atoms with Crippen molar-refractivity contribution >= 4 is 12.0 Å². The first kappa shape index (κ1) is 14.6. The monoisotopic (exact) mass is 268 g/mol. The number of halogens is 3. The van der Waals surface area contributed by atoms with Crippen molar-refractivity contribution < 1.29 is 27.9 Å². The molecule has 0 saturated carbocycles. The predicted molar refractivity (Wildman–Crippen MR) is 56.0 cm³/mol. The minimum absolute atomic E-state index is 0.246. The number of carboxylic acids is 1. The van der Waals surface area contributed by atoms with E-state index in [1.54, 1.807) is 6.92 Å². The van der Waals surface area contributed by atoms with Gasteiger partial charge in [-0.1, -0.05) is 0 Å². The molecule has 1 aliphatic heterocycles. The van der Waals surface area contributed by atoms with Crippen LogP contribution >= 0.6 is 0 Å². The maximum absolute atomic E-state index is 11.9. The molecule has 1 aliphatic rings. The number of amides is 2. The van der Waals surface area contributed by atoms with Gasteiger partial charge >= 0.3 is 18.2 Å². The van der Waals surface area contributed by atoms with E-state index >= 15 is 0 Å². The Kier molecular flexibility index (Phi) is 4.42. The summed E-state index contributed by atoms with van der Waals surface area (Å²) in [5, 5.41) is 11.0. The number of rotatable bonds is 3. The maximum atomic E-state index is 11.9. The Morgan fingerprint density at radius 3 is 2.50 bits per heavy atom. The molecule has 5 nitrogen and oxygen atoms in total. The zero-order valence-electron chi connectivity index (χ0n) is 9.83. The van der Waals surface area contributed by atoms with Gasteiger partial charge in [-0.05, 0) is 13.3 Å². The molecule has 8 heteroatoms. The number of carbonyl (C=O) groups is 2. The largest absolute Gasteiger partial charge is 0.481 e. The maximum Gasteiger partial charge on any atom is 0.390 e. The zero-order chi connectivity index (χ0) is 13.9. The molecule has 104 valence electrons. The number of alkyl halides is 3. The van der Waals surface area contributed by atoms with Gasteiger partial charge in [0.2, 0.25) is 0 Å². The number of hydrogen-bond acceptors (Lipinski definition) is 2. The molecule has 2 unspecified atom stereocenters. The van der Waals surface area contributed by atoms with Crippen LogP contribution in [0.1, 0.15) is 19.8 Å². The summed E-state index contributed by atoms with van der Waals surface area (Å²) >= 11 is 0. The number of aliphatic carboxylic acids is 1. The van der Waals surface area contributed by atoms with Crippen LogP contribution in [0, 0.1) is 5.92 Å². The van der Waals surface area contributed by atoms with E-state index in [0.29, 0.717) is 6.42 Å². The summed E-state index contributed by atoms with van der Waals surface area (Å²) in [4.78, 5) is 23.6. The van der Waals surface area contributed by atoms with E-state index in [4.69, 9.17) is 5.11 Å². The van der Waals surface area contributed by atoms with E-state index < -0.39 is 43.1 Å². The lowest BCUT2D eigenvalue weighted by atomic mass is 10.0. The lowest BCUT2D eigenvalue weighted by Crippen LogP contribution is -2.44. The van der Waals surface area contributed by atoms with Crippen LogP contribution in [0.5, 0.6) is 0 Å². The molecule has 1 fully saturated rings. The van der Waals surface area contributed by atoms with Crippen molar-refractivity contribution in [3.05, 3.63) is 0 Å². The number of likely N-dealkylation sites (tertiary alicyclic amines) is 1. The van der Waals surface area contributed by atoms with Crippen molar-refractivity contribution in [1.29, 1.82) is 0 Å². The van der Waals surface area contributed by atoms with Crippen molar-refractivity contribution in [2.45, 2.75) is 32.0 Å². The Hall–Kier alpha value is -1.47. The average Bonchev–Trinajstić information content (AvgIpc) is 2.57. The van der Waals surface area contributed by atoms with Gasteiger partial charge in [0.05, 0.1) is 12.3 Å². The van der Waals surface area contributed by atoms with Gasteiger partial charge in [-0.2, -0.15) is 13.2 Å². The van der Waals surface area contributed by atoms with Crippen LogP contribution in [0.15, 0.2) is 0 Å². The van der Waals surface area contributed by atoms with Gasteiger partial charge in [-0.3, -0.25) is 4.79 Å². The second-order valence-corrected chi connectivity index (χ2v) is 4.26. The van der Waals surface area contributed by atoms with Crippen LogP contribution < -0.4 is 5.32 Å². The third-order valence-corrected chi connectivity index (χ3v) is 3.02. The van der Waals surface area contributed by atoms with Gasteiger partial charge in [-0.25, -0.2) is 4.79 Å². The lowest BCUT2D eigenvalue weighted by Gasteiger charge is -2.23. The van der Waals surface area contributed by atoms with E-state index in [2.05, 4.69) is 5.32 Å². The molecule has 2 N–H and O–H groups in total. The lowest BCUT2D eigenvalue weighted by molar-refractivity contribution is -0.142. The highest BCUT2D eigenvalue weighted by Gasteiger charge is 2.38.